The number of likely N-dealkylation sites (tertiary alicyclic amines) is 1. The van der Waals surface area contributed by atoms with Crippen LogP contribution < -0.4 is 0 Å². The molecule has 0 aromatic carbocycles. The van der Waals surface area contributed by atoms with Crippen molar-refractivity contribution < 1.29 is 40.8 Å². The van der Waals surface area contributed by atoms with Crippen LogP contribution in [-0.4, -0.2) is 60.5 Å². The lowest BCUT2D eigenvalue weighted by Crippen LogP contribution is -2.43. The molecule has 0 aromatic heterocycles. The lowest BCUT2D eigenvalue weighted by Gasteiger charge is -2.32. The highest BCUT2D eigenvalue weighted by Gasteiger charge is 2.46. The summed E-state index contributed by atoms with van der Waals surface area (Å²) in [7, 11) is -5.65. The van der Waals surface area contributed by atoms with E-state index in [1.807, 2.05) is 0 Å². The van der Waals surface area contributed by atoms with E-state index in [1.165, 1.54) is 4.90 Å². The number of amides is 1. The van der Waals surface area contributed by atoms with Crippen molar-refractivity contribution in [1.82, 2.24) is 4.90 Å². The summed E-state index contributed by atoms with van der Waals surface area (Å²) in [6.07, 6.45) is -0.183. The van der Waals surface area contributed by atoms with E-state index in [0.29, 0.717) is 0 Å². The summed E-state index contributed by atoms with van der Waals surface area (Å²) in [4.78, 5) is 25.0. The van der Waals surface area contributed by atoms with Gasteiger partial charge in [0.25, 0.3) is 0 Å². The summed E-state index contributed by atoms with van der Waals surface area (Å²) < 4.78 is 64.7. The van der Waals surface area contributed by atoms with Crippen LogP contribution in [0.15, 0.2) is 0 Å². The average Bonchev–Trinajstić information content (AvgIpc) is 2.42. The van der Waals surface area contributed by atoms with Crippen molar-refractivity contribution in [2.45, 2.75) is 44.5 Å². The minimum atomic E-state index is -5.65. The predicted molar refractivity (Wildman–Crippen MR) is 78.0 cm³/mol. The molecule has 0 spiro atoms. The fraction of sp³-hybridized carbons (Fsp3) is 0.846. The van der Waals surface area contributed by atoms with Gasteiger partial charge in [-0.25, -0.2) is 4.79 Å². The van der Waals surface area contributed by atoms with Crippen LogP contribution in [0.1, 0.15) is 33.6 Å². The third kappa shape index (κ3) is 5.86. The summed E-state index contributed by atoms with van der Waals surface area (Å²) >= 11 is 0. The van der Waals surface area contributed by atoms with Crippen molar-refractivity contribution in [2.24, 2.45) is 5.92 Å². The van der Waals surface area contributed by atoms with Crippen molar-refractivity contribution in [3.63, 3.8) is 0 Å². The molecule has 0 saturated carbocycles. The minimum absolute atomic E-state index is 0.176. The molecule has 1 fully saturated rings. The first kappa shape index (κ1) is 20.6. The summed E-state index contributed by atoms with van der Waals surface area (Å²) in [6.45, 7) is 3.75. The Morgan fingerprint density at radius 3 is 2.12 bits per heavy atom. The average molecular weight is 373 g/mol. The van der Waals surface area contributed by atoms with Crippen LogP contribution in [0.2, 0.25) is 0 Å². The molecule has 0 radical (unpaired) electrons. The Morgan fingerprint density at radius 2 is 1.71 bits per heavy atom. The second-order valence-electron chi connectivity index (χ2n) is 6.46. The SMILES string of the molecule is CC(C)(C)OC(=O)N1CCC(C(=O)OCC(F)(F)S(=O)(=O)O)CC1. The molecule has 0 unspecified atom stereocenters. The van der Waals surface area contributed by atoms with E-state index in [9.17, 15) is 26.8 Å². The van der Waals surface area contributed by atoms with Crippen LogP contribution in [0.3, 0.4) is 0 Å². The van der Waals surface area contributed by atoms with Crippen molar-refractivity contribution in [3.05, 3.63) is 0 Å². The normalized spacial score (nSPS) is 17.5. The van der Waals surface area contributed by atoms with Crippen LogP contribution >= 0.6 is 0 Å². The first-order valence-electron chi connectivity index (χ1n) is 7.22. The molecule has 0 aromatic rings. The Hall–Kier alpha value is -1.49. The number of piperidine rings is 1. The zero-order valence-corrected chi connectivity index (χ0v) is 14.4. The Kier molecular flexibility index (Phi) is 6.15. The first-order valence-corrected chi connectivity index (χ1v) is 8.66. The van der Waals surface area contributed by atoms with Gasteiger partial charge in [-0.15, -0.1) is 0 Å². The number of rotatable bonds is 4. The van der Waals surface area contributed by atoms with Gasteiger partial charge in [0.05, 0.1) is 5.92 Å². The zero-order chi connectivity index (χ0) is 18.8. The fourth-order valence-electron chi connectivity index (χ4n) is 1.97. The number of carbonyl (C=O) groups excluding carboxylic acids is 2. The van der Waals surface area contributed by atoms with Gasteiger partial charge in [0.2, 0.25) is 0 Å². The van der Waals surface area contributed by atoms with E-state index >= 15 is 0 Å². The van der Waals surface area contributed by atoms with Gasteiger partial charge in [-0.2, -0.15) is 17.2 Å². The molecule has 0 aliphatic carbocycles. The molecule has 0 bridgehead atoms. The lowest BCUT2D eigenvalue weighted by atomic mass is 9.97. The summed E-state index contributed by atoms with van der Waals surface area (Å²) in [6, 6.07) is 0. The number of halogens is 2. The lowest BCUT2D eigenvalue weighted by molar-refractivity contribution is -0.156. The standard InChI is InChI=1S/C13H21F2NO7S/c1-12(2,3)23-11(18)16-6-4-9(5-7-16)10(17)22-8-13(14,15)24(19,20)21/h9H,4-8H2,1-3H3,(H,19,20,21). The molecule has 1 aliphatic heterocycles. The molecule has 1 saturated heterocycles. The van der Waals surface area contributed by atoms with E-state index in [2.05, 4.69) is 4.74 Å². The fourth-order valence-corrected chi connectivity index (χ4v) is 2.18. The van der Waals surface area contributed by atoms with Crippen LogP contribution in [0, 0.1) is 5.92 Å². The third-order valence-corrected chi connectivity index (χ3v) is 4.11. The molecular weight excluding hydrogens is 352 g/mol. The molecule has 1 N–H and O–H groups in total. The summed E-state index contributed by atoms with van der Waals surface area (Å²) in [5.74, 6) is -1.73. The van der Waals surface area contributed by atoms with Gasteiger partial charge < -0.3 is 14.4 Å². The monoisotopic (exact) mass is 373 g/mol. The number of nitrogens with zero attached hydrogens (tertiary/aromatic N) is 1. The second-order valence-corrected chi connectivity index (χ2v) is 8.01. The largest absolute Gasteiger partial charge is 0.458 e. The van der Waals surface area contributed by atoms with Gasteiger partial charge in [-0.3, -0.25) is 9.35 Å². The molecule has 140 valence electrons. The number of alkyl halides is 2. The van der Waals surface area contributed by atoms with Crippen molar-refractivity contribution in [1.29, 1.82) is 0 Å². The summed E-state index contributed by atoms with van der Waals surface area (Å²) in [5, 5.41) is -4.56. The maximum Gasteiger partial charge on any atom is 0.410 e. The van der Waals surface area contributed by atoms with E-state index < -0.39 is 45.6 Å². The molecule has 11 heteroatoms. The number of hydrogen-bond donors (Lipinski definition) is 1. The predicted octanol–water partition coefficient (Wildman–Crippen LogP) is 1.66. The highest BCUT2D eigenvalue weighted by molar-refractivity contribution is 7.86. The number of carbonyl (C=O) groups is 2. The van der Waals surface area contributed by atoms with Gasteiger partial charge in [0.15, 0.2) is 6.61 Å². The van der Waals surface area contributed by atoms with E-state index in [1.54, 1.807) is 20.8 Å². The van der Waals surface area contributed by atoms with Crippen molar-refractivity contribution in [2.75, 3.05) is 19.7 Å². The minimum Gasteiger partial charge on any atom is -0.458 e. The first-order chi connectivity index (χ1) is 10.7. The Morgan fingerprint density at radius 1 is 1.21 bits per heavy atom. The van der Waals surface area contributed by atoms with E-state index in [4.69, 9.17) is 9.29 Å². The topological polar surface area (TPSA) is 110 Å². The highest BCUT2D eigenvalue weighted by atomic mass is 32.2. The van der Waals surface area contributed by atoms with Gasteiger partial charge in [0.1, 0.15) is 5.60 Å². The third-order valence-electron chi connectivity index (χ3n) is 3.24. The highest BCUT2D eigenvalue weighted by Crippen LogP contribution is 2.24. The molecule has 1 rings (SSSR count). The molecule has 1 heterocycles. The van der Waals surface area contributed by atoms with Crippen LogP contribution in [0.25, 0.3) is 0 Å². The molecule has 8 nitrogen and oxygen atoms in total. The maximum atomic E-state index is 13.0. The molecule has 1 amide bonds. The number of hydrogen-bond acceptors (Lipinski definition) is 6. The summed E-state index contributed by atoms with van der Waals surface area (Å²) in [5.41, 5.74) is -0.659. The smallest absolute Gasteiger partial charge is 0.410 e. The van der Waals surface area contributed by atoms with Crippen molar-refractivity contribution >= 4 is 22.2 Å². The van der Waals surface area contributed by atoms with Gasteiger partial charge in [0, 0.05) is 13.1 Å². The number of ether oxygens (including phenoxy) is 2. The Bertz CT molecular complexity index is 578. The molecule has 0 atom stereocenters. The zero-order valence-electron chi connectivity index (χ0n) is 13.6. The van der Waals surface area contributed by atoms with Gasteiger partial charge in [-0.05, 0) is 33.6 Å². The maximum absolute atomic E-state index is 13.0. The molecular formula is C13H21F2NO7S. The quantitative estimate of drug-likeness (QED) is 0.589. The number of esters is 1. The van der Waals surface area contributed by atoms with E-state index in [-0.39, 0.29) is 25.9 Å². The van der Waals surface area contributed by atoms with Gasteiger partial charge in [-0.1, -0.05) is 0 Å². The molecule has 1 aliphatic rings. The molecule has 24 heavy (non-hydrogen) atoms. The Labute approximate surface area is 138 Å². The van der Waals surface area contributed by atoms with Crippen molar-refractivity contribution in [3.8, 4) is 0 Å². The van der Waals surface area contributed by atoms with Crippen LogP contribution in [0.4, 0.5) is 13.6 Å². The second kappa shape index (κ2) is 7.18. The van der Waals surface area contributed by atoms with Gasteiger partial charge >= 0.3 is 27.4 Å². The Balaban J connectivity index is 2.48. The van der Waals surface area contributed by atoms with E-state index in [0.717, 1.165) is 0 Å². The van der Waals surface area contributed by atoms with Crippen LogP contribution in [0.5, 0.6) is 0 Å². The van der Waals surface area contributed by atoms with Crippen LogP contribution in [-0.2, 0) is 24.4 Å².